The van der Waals surface area contributed by atoms with E-state index in [0.717, 1.165) is 36.0 Å². The number of rotatable bonds is 4. The molecule has 4 fully saturated rings. The van der Waals surface area contributed by atoms with Crippen molar-refractivity contribution in [3.8, 4) is 0 Å². The second-order valence-electron chi connectivity index (χ2n) is 7.52. The Kier molecular flexibility index (Phi) is 2.78. The van der Waals surface area contributed by atoms with Gasteiger partial charge in [0.25, 0.3) is 0 Å². The van der Waals surface area contributed by atoms with E-state index >= 15 is 0 Å². The number of hydrogen-bond donors (Lipinski definition) is 0. The first-order chi connectivity index (χ1) is 8.84. The van der Waals surface area contributed by atoms with Crippen molar-refractivity contribution in [1.29, 1.82) is 0 Å². The Morgan fingerprint density at radius 1 is 0.889 bits per heavy atom. The van der Waals surface area contributed by atoms with E-state index in [1.807, 2.05) is 0 Å². The van der Waals surface area contributed by atoms with Gasteiger partial charge in [0.05, 0.1) is 0 Å². The zero-order valence-corrected chi connectivity index (χ0v) is 11.4. The molecule has 0 radical (unpaired) electrons. The molecule has 0 aromatic heterocycles. The molecule has 1 heteroatoms. The van der Waals surface area contributed by atoms with E-state index in [1.54, 1.807) is 0 Å². The summed E-state index contributed by atoms with van der Waals surface area (Å²) >= 11 is 0. The summed E-state index contributed by atoms with van der Waals surface area (Å²) in [7, 11) is 0. The summed E-state index contributed by atoms with van der Waals surface area (Å²) in [5, 5.41) is 0. The molecule has 0 aromatic carbocycles. The average Bonchev–Trinajstić information content (AvgIpc) is 2.86. The van der Waals surface area contributed by atoms with Crippen LogP contribution in [-0.2, 0) is 4.79 Å². The Morgan fingerprint density at radius 2 is 1.56 bits per heavy atom. The van der Waals surface area contributed by atoms with E-state index in [2.05, 4.69) is 0 Å². The first kappa shape index (κ1) is 11.5. The molecule has 0 aliphatic heterocycles. The lowest BCUT2D eigenvalue weighted by atomic mass is 9.85. The Labute approximate surface area is 111 Å². The monoisotopic (exact) mass is 246 g/mol. The van der Waals surface area contributed by atoms with Crippen LogP contribution in [-0.4, -0.2) is 5.78 Å². The van der Waals surface area contributed by atoms with Crippen molar-refractivity contribution in [3.05, 3.63) is 0 Å². The van der Waals surface area contributed by atoms with Crippen LogP contribution in [0.25, 0.3) is 0 Å². The van der Waals surface area contributed by atoms with Crippen molar-refractivity contribution in [1.82, 2.24) is 0 Å². The number of carbonyl (C=O) groups excluding carboxylic acids is 1. The van der Waals surface area contributed by atoms with Gasteiger partial charge in [0, 0.05) is 12.3 Å². The summed E-state index contributed by atoms with van der Waals surface area (Å²) in [5.74, 6) is 5.74. The molecule has 4 atom stereocenters. The minimum absolute atomic E-state index is 0.542. The van der Waals surface area contributed by atoms with E-state index in [9.17, 15) is 4.79 Å². The summed E-state index contributed by atoms with van der Waals surface area (Å²) in [5.41, 5.74) is 0. The van der Waals surface area contributed by atoms with Gasteiger partial charge in [-0.1, -0.05) is 32.1 Å². The zero-order valence-electron chi connectivity index (χ0n) is 11.4. The summed E-state index contributed by atoms with van der Waals surface area (Å²) in [6.45, 7) is 0. The fourth-order valence-electron chi connectivity index (χ4n) is 5.74. The largest absolute Gasteiger partial charge is 0.299 e. The summed E-state index contributed by atoms with van der Waals surface area (Å²) in [4.78, 5) is 12.4. The number of Topliss-reactive ketones (excluding diaryl/α,β-unsaturated/α-hetero) is 1. The highest BCUT2D eigenvalue weighted by Crippen LogP contribution is 2.69. The summed E-state index contributed by atoms with van der Waals surface area (Å²) in [6.07, 6.45) is 13.5. The molecule has 0 amide bonds. The SMILES string of the molecule is O=C(CCC1CCCCC1)C1C2C3CCC(C3)C12. The quantitative estimate of drug-likeness (QED) is 0.726. The van der Waals surface area contributed by atoms with Crippen LogP contribution in [0.1, 0.15) is 64.2 Å². The van der Waals surface area contributed by atoms with E-state index in [4.69, 9.17) is 0 Å². The molecular formula is C17H26O. The molecule has 2 bridgehead atoms. The number of carbonyl (C=O) groups is 1. The molecule has 100 valence electrons. The maximum Gasteiger partial charge on any atom is 0.136 e. The minimum atomic E-state index is 0.542. The Bertz CT molecular complexity index is 326. The first-order valence-corrected chi connectivity index (χ1v) is 8.37. The normalized spacial score (nSPS) is 46.1. The van der Waals surface area contributed by atoms with Crippen LogP contribution in [0.2, 0.25) is 0 Å². The smallest absolute Gasteiger partial charge is 0.136 e. The summed E-state index contributed by atoms with van der Waals surface area (Å²) in [6, 6.07) is 0. The fourth-order valence-corrected chi connectivity index (χ4v) is 5.74. The Morgan fingerprint density at radius 3 is 2.22 bits per heavy atom. The van der Waals surface area contributed by atoms with E-state index in [0.29, 0.717) is 11.7 Å². The fraction of sp³-hybridized carbons (Fsp3) is 0.941. The van der Waals surface area contributed by atoms with Gasteiger partial charge in [0.15, 0.2) is 0 Å². The third-order valence-corrected chi connectivity index (χ3v) is 6.63. The van der Waals surface area contributed by atoms with Gasteiger partial charge in [-0.3, -0.25) is 4.79 Å². The van der Waals surface area contributed by atoms with Crippen LogP contribution >= 0.6 is 0 Å². The molecular weight excluding hydrogens is 220 g/mol. The minimum Gasteiger partial charge on any atom is -0.299 e. The van der Waals surface area contributed by atoms with Crippen molar-refractivity contribution in [2.45, 2.75) is 64.2 Å². The molecule has 0 heterocycles. The Balaban J connectivity index is 1.28. The highest BCUT2D eigenvalue weighted by atomic mass is 16.1. The topological polar surface area (TPSA) is 17.1 Å². The molecule has 0 N–H and O–H groups in total. The molecule has 4 saturated carbocycles. The maximum absolute atomic E-state index is 12.4. The molecule has 0 aromatic rings. The highest BCUT2D eigenvalue weighted by Gasteiger charge is 2.66. The van der Waals surface area contributed by atoms with Crippen LogP contribution in [0.3, 0.4) is 0 Å². The first-order valence-electron chi connectivity index (χ1n) is 8.37. The van der Waals surface area contributed by atoms with E-state index in [-0.39, 0.29) is 0 Å². The van der Waals surface area contributed by atoms with Crippen molar-refractivity contribution >= 4 is 5.78 Å². The number of ketones is 1. The molecule has 0 saturated heterocycles. The van der Waals surface area contributed by atoms with Crippen molar-refractivity contribution in [3.63, 3.8) is 0 Å². The lowest BCUT2D eigenvalue weighted by Gasteiger charge is -2.21. The van der Waals surface area contributed by atoms with Gasteiger partial charge in [-0.25, -0.2) is 0 Å². The van der Waals surface area contributed by atoms with Crippen molar-refractivity contribution in [2.24, 2.45) is 35.5 Å². The van der Waals surface area contributed by atoms with Gasteiger partial charge in [-0.2, -0.15) is 0 Å². The molecule has 1 nitrogen and oxygen atoms in total. The van der Waals surface area contributed by atoms with E-state index in [1.165, 1.54) is 57.8 Å². The van der Waals surface area contributed by atoms with Gasteiger partial charge in [0.2, 0.25) is 0 Å². The van der Waals surface area contributed by atoms with Crippen LogP contribution < -0.4 is 0 Å². The predicted molar refractivity (Wildman–Crippen MR) is 72.1 cm³/mol. The number of fused-ring (bicyclic) bond motifs is 5. The van der Waals surface area contributed by atoms with Gasteiger partial charge in [-0.15, -0.1) is 0 Å². The predicted octanol–water partition coefficient (Wildman–Crippen LogP) is 4.21. The highest BCUT2D eigenvalue weighted by molar-refractivity contribution is 5.84. The second kappa shape index (κ2) is 4.35. The molecule has 4 aliphatic rings. The zero-order chi connectivity index (χ0) is 12.1. The third-order valence-electron chi connectivity index (χ3n) is 6.63. The average molecular weight is 246 g/mol. The van der Waals surface area contributed by atoms with Gasteiger partial charge in [-0.05, 0) is 55.3 Å². The standard InChI is InChI=1S/C17H26O/c18-14(9-6-11-4-2-1-3-5-11)17-15-12-7-8-13(10-12)16(15)17/h11-13,15-17H,1-10H2. The molecule has 4 rings (SSSR count). The van der Waals surface area contributed by atoms with Crippen molar-refractivity contribution in [2.75, 3.05) is 0 Å². The van der Waals surface area contributed by atoms with Gasteiger partial charge in [0.1, 0.15) is 5.78 Å². The van der Waals surface area contributed by atoms with E-state index < -0.39 is 0 Å². The van der Waals surface area contributed by atoms with Gasteiger partial charge < -0.3 is 0 Å². The van der Waals surface area contributed by atoms with Crippen LogP contribution in [0.4, 0.5) is 0 Å². The molecule has 18 heavy (non-hydrogen) atoms. The Hall–Kier alpha value is -0.330. The van der Waals surface area contributed by atoms with Crippen LogP contribution in [0.15, 0.2) is 0 Å². The lowest BCUT2D eigenvalue weighted by molar-refractivity contribution is -0.121. The number of hydrogen-bond acceptors (Lipinski definition) is 1. The molecule has 0 spiro atoms. The second-order valence-corrected chi connectivity index (χ2v) is 7.52. The van der Waals surface area contributed by atoms with Crippen LogP contribution in [0, 0.1) is 35.5 Å². The molecule has 4 unspecified atom stereocenters. The van der Waals surface area contributed by atoms with Gasteiger partial charge >= 0.3 is 0 Å². The molecule has 4 aliphatic carbocycles. The summed E-state index contributed by atoms with van der Waals surface area (Å²) < 4.78 is 0. The van der Waals surface area contributed by atoms with Crippen molar-refractivity contribution < 1.29 is 4.79 Å². The lowest BCUT2D eigenvalue weighted by Crippen LogP contribution is -2.13. The maximum atomic E-state index is 12.4. The van der Waals surface area contributed by atoms with Crippen LogP contribution in [0.5, 0.6) is 0 Å². The third kappa shape index (κ3) is 1.77.